The molecule has 1 aromatic carbocycles. The number of nitrogens with zero attached hydrogens (tertiary/aromatic N) is 2. The van der Waals surface area contributed by atoms with Gasteiger partial charge in [0.25, 0.3) is 0 Å². The largest absolute Gasteiger partial charge is 0.378 e. The van der Waals surface area contributed by atoms with Crippen molar-refractivity contribution in [1.82, 2.24) is 20.6 Å². The highest BCUT2D eigenvalue weighted by molar-refractivity contribution is 5.79. The fraction of sp³-hybridized carbons (Fsp3) is 0.240. The molecule has 5 rings (SSSR count). The van der Waals surface area contributed by atoms with Gasteiger partial charge in [-0.2, -0.15) is 0 Å². The molecule has 1 saturated heterocycles. The van der Waals surface area contributed by atoms with Crippen molar-refractivity contribution in [2.75, 3.05) is 18.4 Å². The van der Waals surface area contributed by atoms with E-state index < -0.39 is 6.04 Å². The van der Waals surface area contributed by atoms with Crippen LogP contribution in [-0.2, 0) is 4.79 Å². The predicted octanol–water partition coefficient (Wildman–Crippen LogP) is 4.17. The Labute approximate surface area is 181 Å². The summed E-state index contributed by atoms with van der Waals surface area (Å²) in [5, 5.41) is 9.99. The average Bonchev–Trinajstić information content (AvgIpc) is 2.85. The van der Waals surface area contributed by atoms with Gasteiger partial charge in [0.2, 0.25) is 0 Å². The normalized spacial score (nSPS) is 18.1. The number of aromatic nitrogens is 2. The number of nitrogens with one attached hydrogen (secondary N) is 3. The molecule has 3 aromatic rings. The second-order valence-electron chi connectivity index (χ2n) is 7.96. The number of carbonyl (C=O) groups excluding carboxylic acids is 1. The molecule has 0 aliphatic carbocycles. The van der Waals surface area contributed by atoms with Crippen LogP contribution in [-0.4, -0.2) is 29.3 Å². The third-order valence-corrected chi connectivity index (χ3v) is 5.99. The minimum Gasteiger partial charge on any atom is -0.378 e. The van der Waals surface area contributed by atoms with Gasteiger partial charge in [-0.05, 0) is 85.6 Å². The number of pyridine rings is 2. The molecule has 2 aromatic heterocycles. The Kier molecular flexibility index (Phi) is 5.46. The number of fused-ring (bicyclic) bond motifs is 1. The Morgan fingerprint density at radius 2 is 1.87 bits per heavy atom. The standard InChI is InChI=1S/C25H25N5O/c31-16-23-24-19(10-14-28-23)15-22(21-3-1-2-11-27-21)30-25(24)29-20-6-4-17(5-7-20)18-8-12-26-13-9-18/h1-7,10-11,14-16,18,23,26,28H,8-9,12-13H2,(H,29,30). The van der Waals surface area contributed by atoms with E-state index in [1.54, 1.807) is 12.4 Å². The maximum absolute atomic E-state index is 11.7. The molecule has 3 N–H and O–H groups in total. The third kappa shape index (κ3) is 4.07. The molecule has 2 aliphatic heterocycles. The number of rotatable bonds is 5. The maximum atomic E-state index is 11.7. The van der Waals surface area contributed by atoms with Gasteiger partial charge >= 0.3 is 0 Å². The smallest absolute Gasteiger partial charge is 0.146 e. The van der Waals surface area contributed by atoms with Crippen LogP contribution in [0.5, 0.6) is 0 Å². The van der Waals surface area contributed by atoms with Gasteiger partial charge in [0.15, 0.2) is 0 Å². The Morgan fingerprint density at radius 3 is 2.61 bits per heavy atom. The monoisotopic (exact) mass is 411 g/mol. The number of anilines is 2. The van der Waals surface area contributed by atoms with Gasteiger partial charge in [-0.3, -0.25) is 4.98 Å². The number of hydrogen-bond acceptors (Lipinski definition) is 6. The van der Waals surface area contributed by atoms with Crippen molar-refractivity contribution in [3.63, 3.8) is 0 Å². The van der Waals surface area contributed by atoms with Crippen molar-refractivity contribution in [3.05, 3.63) is 77.6 Å². The van der Waals surface area contributed by atoms with Crippen LogP contribution in [0, 0.1) is 0 Å². The Hall–Kier alpha value is -3.51. The minimum atomic E-state index is -0.443. The van der Waals surface area contributed by atoms with Crippen LogP contribution in [0.2, 0.25) is 0 Å². The molecule has 4 heterocycles. The lowest BCUT2D eigenvalue weighted by atomic mass is 9.90. The first kappa shape index (κ1) is 19.5. The van der Waals surface area contributed by atoms with E-state index in [0.717, 1.165) is 47.6 Å². The molecule has 0 bridgehead atoms. The van der Waals surface area contributed by atoms with E-state index in [2.05, 4.69) is 45.2 Å². The number of benzene rings is 1. The molecular formula is C25H25N5O. The highest BCUT2D eigenvalue weighted by Gasteiger charge is 2.23. The second-order valence-corrected chi connectivity index (χ2v) is 7.96. The SMILES string of the molecule is O=CC1NC=Cc2cc(-c3ccccn3)nc(Nc3ccc(C4CCNCC4)cc3)c21. The van der Waals surface area contributed by atoms with Gasteiger partial charge in [-0.1, -0.05) is 18.2 Å². The lowest BCUT2D eigenvalue weighted by Crippen LogP contribution is -2.26. The topological polar surface area (TPSA) is 78.9 Å². The van der Waals surface area contributed by atoms with Crippen molar-refractivity contribution in [1.29, 1.82) is 0 Å². The Bertz CT molecular complexity index is 1090. The van der Waals surface area contributed by atoms with Crippen LogP contribution in [0.15, 0.2) is 60.9 Å². The van der Waals surface area contributed by atoms with Crippen molar-refractivity contribution in [3.8, 4) is 11.4 Å². The van der Waals surface area contributed by atoms with Crippen molar-refractivity contribution < 1.29 is 4.79 Å². The summed E-state index contributed by atoms with van der Waals surface area (Å²) in [6, 6.07) is 15.9. The first-order chi connectivity index (χ1) is 15.3. The van der Waals surface area contributed by atoms with Gasteiger partial charge in [-0.15, -0.1) is 0 Å². The molecule has 1 fully saturated rings. The summed E-state index contributed by atoms with van der Waals surface area (Å²) >= 11 is 0. The quantitative estimate of drug-likeness (QED) is 0.547. The van der Waals surface area contributed by atoms with Gasteiger partial charge in [0.05, 0.1) is 11.4 Å². The fourth-order valence-corrected chi connectivity index (χ4v) is 4.34. The zero-order valence-corrected chi connectivity index (χ0v) is 17.2. The van der Waals surface area contributed by atoms with Crippen molar-refractivity contribution in [2.24, 2.45) is 0 Å². The highest BCUT2D eigenvalue weighted by atomic mass is 16.1. The van der Waals surface area contributed by atoms with Crippen LogP contribution >= 0.6 is 0 Å². The number of aldehydes is 1. The molecule has 0 saturated carbocycles. The molecule has 6 heteroatoms. The Balaban J connectivity index is 1.50. The van der Waals surface area contributed by atoms with E-state index in [1.165, 1.54) is 18.4 Å². The molecule has 156 valence electrons. The van der Waals surface area contributed by atoms with Gasteiger partial charge < -0.3 is 20.7 Å². The molecule has 1 atom stereocenters. The van der Waals surface area contributed by atoms with Gasteiger partial charge in [0.1, 0.15) is 18.1 Å². The summed E-state index contributed by atoms with van der Waals surface area (Å²) < 4.78 is 0. The number of hydrogen-bond donors (Lipinski definition) is 3. The van der Waals surface area contributed by atoms with Crippen LogP contribution in [0.3, 0.4) is 0 Å². The zero-order chi connectivity index (χ0) is 21.0. The van der Waals surface area contributed by atoms with Crippen LogP contribution in [0.25, 0.3) is 17.5 Å². The molecule has 0 amide bonds. The fourth-order valence-electron chi connectivity index (χ4n) is 4.34. The summed E-state index contributed by atoms with van der Waals surface area (Å²) in [6.45, 7) is 2.16. The molecule has 2 aliphatic rings. The first-order valence-corrected chi connectivity index (χ1v) is 10.7. The van der Waals surface area contributed by atoms with E-state index in [9.17, 15) is 4.79 Å². The lowest BCUT2D eigenvalue weighted by Gasteiger charge is -2.24. The molecule has 31 heavy (non-hydrogen) atoms. The van der Waals surface area contributed by atoms with Gasteiger partial charge in [0, 0.05) is 17.4 Å². The molecule has 0 spiro atoms. The summed E-state index contributed by atoms with van der Waals surface area (Å²) in [6.07, 6.45) is 8.79. The summed E-state index contributed by atoms with van der Waals surface area (Å²) in [5.41, 5.74) is 5.69. The Morgan fingerprint density at radius 1 is 1.03 bits per heavy atom. The van der Waals surface area contributed by atoms with Crippen LogP contribution in [0.4, 0.5) is 11.5 Å². The van der Waals surface area contributed by atoms with Gasteiger partial charge in [-0.25, -0.2) is 4.98 Å². The van der Waals surface area contributed by atoms with Crippen molar-refractivity contribution in [2.45, 2.75) is 24.8 Å². The number of carbonyl (C=O) groups is 1. The molecule has 6 nitrogen and oxygen atoms in total. The second kappa shape index (κ2) is 8.70. The highest BCUT2D eigenvalue weighted by Crippen LogP contribution is 2.34. The van der Waals surface area contributed by atoms with Crippen LogP contribution in [0.1, 0.15) is 41.5 Å². The maximum Gasteiger partial charge on any atom is 0.146 e. The minimum absolute atomic E-state index is 0.443. The summed E-state index contributed by atoms with van der Waals surface area (Å²) in [5.74, 6) is 1.28. The number of piperidine rings is 1. The van der Waals surface area contributed by atoms with E-state index >= 15 is 0 Å². The van der Waals surface area contributed by atoms with E-state index in [-0.39, 0.29) is 0 Å². The first-order valence-electron chi connectivity index (χ1n) is 10.7. The third-order valence-electron chi connectivity index (χ3n) is 5.99. The molecule has 0 radical (unpaired) electrons. The van der Waals surface area contributed by atoms with Crippen molar-refractivity contribution >= 4 is 23.9 Å². The predicted molar refractivity (Wildman–Crippen MR) is 123 cm³/mol. The van der Waals surface area contributed by atoms with Crippen LogP contribution < -0.4 is 16.0 Å². The molecular weight excluding hydrogens is 386 g/mol. The zero-order valence-electron chi connectivity index (χ0n) is 17.2. The lowest BCUT2D eigenvalue weighted by molar-refractivity contribution is -0.109. The summed E-state index contributed by atoms with van der Waals surface area (Å²) in [7, 11) is 0. The van der Waals surface area contributed by atoms with E-state index in [0.29, 0.717) is 11.7 Å². The van der Waals surface area contributed by atoms with E-state index in [4.69, 9.17) is 4.98 Å². The average molecular weight is 412 g/mol. The summed E-state index contributed by atoms with van der Waals surface area (Å²) in [4.78, 5) is 21.0. The van der Waals surface area contributed by atoms with E-state index in [1.807, 2.05) is 30.3 Å². The molecule has 1 unspecified atom stereocenters.